The number of aromatic nitrogens is 1. The first-order chi connectivity index (χ1) is 6.74. The molecule has 0 spiro atoms. The summed E-state index contributed by atoms with van der Waals surface area (Å²) in [6.45, 7) is 1.28. The highest BCUT2D eigenvalue weighted by Crippen LogP contribution is 2.08. The van der Waals surface area contributed by atoms with Crippen molar-refractivity contribution >= 4 is 17.3 Å². The minimum absolute atomic E-state index is 0.124. The molecule has 1 aromatic rings. The van der Waals surface area contributed by atoms with Gasteiger partial charge >= 0.3 is 5.97 Å². The summed E-state index contributed by atoms with van der Waals surface area (Å²) in [5.74, 6) is 1.52. The van der Waals surface area contributed by atoms with Crippen LogP contribution in [0.5, 0.6) is 0 Å². The summed E-state index contributed by atoms with van der Waals surface area (Å²) in [7, 11) is 0. The molecule has 14 heavy (non-hydrogen) atoms. The van der Waals surface area contributed by atoms with Crippen molar-refractivity contribution in [3.8, 4) is 12.3 Å². The number of carbonyl (C=O) groups is 1. The maximum atomic E-state index is 10.5. The van der Waals surface area contributed by atoms with Gasteiger partial charge in [-0.25, -0.2) is 9.78 Å². The van der Waals surface area contributed by atoms with Crippen LogP contribution >= 0.6 is 11.3 Å². The second-order valence-electron chi connectivity index (χ2n) is 2.58. The normalized spacial score (nSPS) is 9.64. The second-order valence-corrected chi connectivity index (χ2v) is 3.44. The Morgan fingerprint density at radius 2 is 2.57 bits per heavy atom. The van der Waals surface area contributed by atoms with Gasteiger partial charge in [0, 0.05) is 24.9 Å². The first kappa shape index (κ1) is 10.7. The summed E-state index contributed by atoms with van der Waals surface area (Å²) in [6, 6.07) is 0. The Hall–Kier alpha value is -1.38. The van der Waals surface area contributed by atoms with E-state index < -0.39 is 5.97 Å². The number of terminal acetylenes is 1. The van der Waals surface area contributed by atoms with Gasteiger partial charge in [0.05, 0.1) is 5.69 Å². The highest BCUT2D eigenvalue weighted by Gasteiger charge is 2.07. The monoisotopic (exact) mass is 210 g/mol. The molecule has 0 saturated carbocycles. The molecule has 0 bridgehead atoms. The third-order valence-corrected chi connectivity index (χ3v) is 2.37. The van der Waals surface area contributed by atoms with Crippen molar-refractivity contribution in [2.45, 2.75) is 13.0 Å². The van der Waals surface area contributed by atoms with Crippen molar-refractivity contribution in [3.63, 3.8) is 0 Å². The molecule has 74 valence electrons. The van der Waals surface area contributed by atoms with Gasteiger partial charge in [0.25, 0.3) is 0 Å². The largest absolute Gasteiger partial charge is 0.476 e. The smallest absolute Gasteiger partial charge is 0.365 e. The predicted molar refractivity (Wildman–Crippen MR) is 54.2 cm³/mol. The molecule has 0 aliphatic rings. The third-order valence-electron chi connectivity index (χ3n) is 1.49. The summed E-state index contributed by atoms with van der Waals surface area (Å²) in [4.78, 5) is 14.4. The summed E-state index contributed by atoms with van der Waals surface area (Å²) in [5, 5.41) is 13.5. The van der Waals surface area contributed by atoms with Crippen molar-refractivity contribution in [3.05, 3.63) is 16.1 Å². The lowest BCUT2D eigenvalue weighted by Crippen LogP contribution is -2.14. The SMILES string of the molecule is C#CCCNCc1csc(C(=O)O)n1. The van der Waals surface area contributed by atoms with E-state index in [0.29, 0.717) is 13.0 Å². The van der Waals surface area contributed by atoms with Crippen molar-refractivity contribution in [1.29, 1.82) is 0 Å². The van der Waals surface area contributed by atoms with Crippen molar-refractivity contribution in [2.75, 3.05) is 6.54 Å². The van der Waals surface area contributed by atoms with Gasteiger partial charge in [-0.05, 0) is 0 Å². The number of carboxylic acids is 1. The quantitative estimate of drug-likeness (QED) is 0.561. The standard InChI is InChI=1S/C9H10N2O2S/c1-2-3-4-10-5-7-6-14-8(11-7)9(12)13/h1,6,10H,3-5H2,(H,12,13). The molecular weight excluding hydrogens is 200 g/mol. The molecule has 0 atom stereocenters. The minimum atomic E-state index is -0.982. The van der Waals surface area contributed by atoms with E-state index in [4.69, 9.17) is 11.5 Å². The summed E-state index contributed by atoms with van der Waals surface area (Å²) in [5.41, 5.74) is 0.740. The van der Waals surface area contributed by atoms with Gasteiger partial charge in [-0.2, -0.15) is 0 Å². The Bertz CT molecular complexity index is 354. The fraction of sp³-hybridized carbons (Fsp3) is 0.333. The fourth-order valence-electron chi connectivity index (χ4n) is 0.863. The lowest BCUT2D eigenvalue weighted by atomic mass is 10.4. The van der Waals surface area contributed by atoms with E-state index in [0.717, 1.165) is 23.6 Å². The highest BCUT2D eigenvalue weighted by atomic mass is 32.1. The number of thiazole rings is 1. The van der Waals surface area contributed by atoms with Crippen molar-refractivity contribution < 1.29 is 9.90 Å². The second kappa shape index (κ2) is 5.37. The van der Waals surface area contributed by atoms with E-state index in [-0.39, 0.29) is 5.01 Å². The number of nitrogens with zero attached hydrogens (tertiary/aromatic N) is 1. The van der Waals surface area contributed by atoms with Gasteiger partial charge in [0.1, 0.15) is 0 Å². The first-order valence-electron chi connectivity index (χ1n) is 4.06. The van der Waals surface area contributed by atoms with Crippen molar-refractivity contribution in [2.24, 2.45) is 0 Å². The molecule has 0 aromatic carbocycles. The Morgan fingerprint density at radius 3 is 3.14 bits per heavy atom. The number of nitrogens with one attached hydrogen (secondary N) is 1. The maximum absolute atomic E-state index is 10.5. The molecule has 1 aromatic heterocycles. The average molecular weight is 210 g/mol. The summed E-state index contributed by atoms with van der Waals surface area (Å²) < 4.78 is 0. The number of hydrogen-bond acceptors (Lipinski definition) is 4. The van der Waals surface area contributed by atoms with E-state index >= 15 is 0 Å². The van der Waals surface area contributed by atoms with Gasteiger partial charge < -0.3 is 10.4 Å². The van der Waals surface area contributed by atoms with Crippen LogP contribution in [0.4, 0.5) is 0 Å². The Balaban J connectivity index is 2.37. The van der Waals surface area contributed by atoms with Crippen LogP contribution in [0, 0.1) is 12.3 Å². The van der Waals surface area contributed by atoms with E-state index in [2.05, 4.69) is 16.2 Å². The van der Waals surface area contributed by atoms with Crippen molar-refractivity contribution in [1.82, 2.24) is 10.3 Å². The zero-order valence-corrected chi connectivity index (χ0v) is 8.30. The molecule has 0 saturated heterocycles. The highest BCUT2D eigenvalue weighted by molar-refractivity contribution is 7.11. The summed E-state index contributed by atoms with van der Waals surface area (Å²) >= 11 is 1.13. The van der Waals surface area contributed by atoms with Crippen LogP contribution < -0.4 is 5.32 Å². The van der Waals surface area contributed by atoms with Crippen LogP contribution in [0.15, 0.2) is 5.38 Å². The van der Waals surface area contributed by atoms with Gasteiger partial charge in [-0.3, -0.25) is 0 Å². The Labute approximate surface area is 86.0 Å². The van der Waals surface area contributed by atoms with Crippen LogP contribution in [0.2, 0.25) is 0 Å². The number of rotatable bonds is 5. The number of carboxylic acid groups (broad SMARTS) is 1. The van der Waals surface area contributed by atoms with E-state index in [1.165, 1.54) is 0 Å². The predicted octanol–water partition coefficient (Wildman–Crippen LogP) is 0.954. The van der Waals surface area contributed by atoms with Crippen LogP contribution in [0.25, 0.3) is 0 Å². The topological polar surface area (TPSA) is 62.2 Å². The molecule has 0 unspecified atom stereocenters. The Kier molecular flexibility index (Phi) is 4.11. The third kappa shape index (κ3) is 3.17. The zero-order valence-electron chi connectivity index (χ0n) is 7.49. The van der Waals surface area contributed by atoms with Crippen LogP contribution in [-0.2, 0) is 6.54 Å². The van der Waals surface area contributed by atoms with Gasteiger partial charge in [0.2, 0.25) is 5.01 Å². The fourth-order valence-corrected chi connectivity index (χ4v) is 1.52. The van der Waals surface area contributed by atoms with E-state index in [9.17, 15) is 4.79 Å². The minimum Gasteiger partial charge on any atom is -0.476 e. The van der Waals surface area contributed by atoms with Crippen LogP contribution in [0.3, 0.4) is 0 Å². The maximum Gasteiger partial charge on any atom is 0.365 e. The van der Waals surface area contributed by atoms with Gasteiger partial charge in [-0.15, -0.1) is 23.7 Å². The molecule has 2 N–H and O–H groups in total. The molecule has 4 nitrogen and oxygen atoms in total. The van der Waals surface area contributed by atoms with Gasteiger partial charge in [-0.1, -0.05) is 0 Å². The summed E-state index contributed by atoms with van der Waals surface area (Å²) in [6.07, 6.45) is 5.73. The molecule has 0 aliphatic heterocycles. The van der Waals surface area contributed by atoms with Gasteiger partial charge in [0.15, 0.2) is 0 Å². The Morgan fingerprint density at radius 1 is 1.79 bits per heavy atom. The molecule has 0 amide bonds. The zero-order chi connectivity index (χ0) is 10.4. The molecule has 0 aliphatic carbocycles. The van der Waals surface area contributed by atoms with E-state index in [1.807, 2.05) is 0 Å². The average Bonchev–Trinajstić information content (AvgIpc) is 2.61. The van der Waals surface area contributed by atoms with E-state index in [1.54, 1.807) is 5.38 Å². The molecular formula is C9H10N2O2S. The molecule has 0 fully saturated rings. The lowest BCUT2D eigenvalue weighted by molar-refractivity contribution is 0.0696. The molecule has 0 radical (unpaired) electrons. The van der Waals surface area contributed by atoms with Crippen LogP contribution in [0.1, 0.15) is 21.9 Å². The molecule has 1 rings (SSSR count). The lowest BCUT2D eigenvalue weighted by Gasteiger charge is -1.97. The number of hydrogen-bond donors (Lipinski definition) is 2. The van der Waals surface area contributed by atoms with Crippen LogP contribution in [-0.4, -0.2) is 22.6 Å². The molecule has 5 heteroatoms. The number of aromatic carboxylic acids is 1. The molecule has 1 heterocycles. The first-order valence-corrected chi connectivity index (χ1v) is 4.94.